The summed E-state index contributed by atoms with van der Waals surface area (Å²) in [4.78, 5) is 23.4. The lowest BCUT2D eigenvalue weighted by Gasteiger charge is -2.12. The van der Waals surface area contributed by atoms with Gasteiger partial charge in [-0.25, -0.2) is 0 Å². The molecule has 20 heavy (non-hydrogen) atoms. The number of carboxylic acids is 1. The minimum Gasteiger partial charge on any atom is -0.497 e. The number of rotatable bonds is 5. The third-order valence-electron chi connectivity index (χ3n) is 2.94. The van der Waals surface area contributed by atoms with E-state index in [2.05, 4.69) is 0 Å². The van der Waals surface area contributed by atoms with Gasteiger partial charge in [0.1, 0.15) is 12.3 Å². The lowest BCUT2D eigenvalue weighted by atomic mass is 10.0. The molecule has 0 aliphatic carbocycles. The van der Waals surface area contributed by atoms with Crippen molar-refractivity contribution in [2.24, 2.45) is 0 Å². The smallest absolute Gasteiger partial charge is 0.323 e. The van der Waals surface area contributed by atoms with Crippen LogP contribution < -0.4 is 4.74 Å². The van der Waals surface area contributed by atoms with Gasteiger partial charge in [-0.1, -0.05) is 0 Å². The Bertz CT molecular complexity index is 526. The van der Waals surface area contributed by atoms with Gasteiger partial charge in [0.25, 0.3) is 0 Å². The number of aryl methyl sites for hydroxylation is 2. The number of carboxylic acid groups (broad SMARTS) is 1. The Morgan fingerprint density at radius 2 is 1.85 bits per heavy atom. The Balaban J connectivity index is 2.90. The molecule has 1 rings (SSSR count). The molecule has 1 N–H and O–H groups in total. The summed E-state index contributed by atoms with van der Waals surface area (Å²) >= 11 is 0. The fourth-order valence-corrected chi connectivity index (χ4v) is 1.88. The summed E-state index contributed by atoms with van der Waals surface area (Å²) in [7, 11) is 3.06. The third kappa shape index (κ3) is 4.12. The van der Waals surface area contributed by atoms with Crippen LogP contribution in [0, 0.1) is 13.8 Å². The molecule has 5 heteroatoms. The maximum Gasteiger partial charge on any atom is 0.323 e. The number of likely N-dealkylation sites (N-methyl/N-ethyl adjacent to an activating group) is 1. The molecule has 0 atom stereocenters. The quantitative estimate of drug-likeness (QED) is 0.834. The lowest BCUT2D eigenvalue weighted by molar-refractivity contribution is -0.141. The molecule has 0 radical (unpaired) electrons. The van der Waals surface area contributed by atoms with Gasteiger partial charge in [0.05, 0.1) is 7.11 Å². The summed E-state index contributed by atoms with van der Waals surface area (Å²) in [5.41, 5.74) is 2.92. The van der Waals surface area contributed by atoms with Gasteiger partial charge < -0.3 is 14.7 Å². The first-order chi connectivity index (χ1) is 9.35. The molecule has 0 fully saturated rings. The van der Waals surface area contributed by atoms with Gasteiger partial charge in [0.2, 0.25) is 5.91 Å². The first-order valence-electron chi connectivity index (χ1n) is 6.15. The van der Waals surface area contributed by atoms with E-state index in [1.54, 1.807) is 13.2 Å². The van der Waals surface area contributed by atoms with E-state index in [1.807, 2.05) is 26.0 Å². The van der Waals surface area contributed by atoms with Crippen LogP contribution in [0.15, 0.2) is 18.2 Å². The number of nitrogens with zero attached hydrogens (tertiary/aromatic N) is 1. The monoisotopic (exact) mass is 277 g/mol. The molecule has 0 heterocycles. The predicted molar refractivity (Wildman–Crippen MR) is 76.8 cm³/mol. The van der Waals surface area contributed by atoms with Crippen molar-refractivity contribution in [3.05, 3.63) is 34.9 Å². The molecular formula is C15H19NO4. The molecule has 0 aliphatic rings. The van der Waals surface area contributed by atoms with Crippen LogP contribution in [-0.4, -0.2) is 42.6 Å². The summed E-state index contributed by atoms with van der Waals surface area (Å²) in [6.45, 7) is 3.55. The van der Waals surface area contributed by atoms with Crippen LogP contribution in [0.25, 0.3) is 6.08 Å². The summed E-state index contributed by atoms with van der Waals surface area (Å²) < 4.78 is 5.17. The summed E-state index contributed by atoms with van der Waals surface area (Å²) in [5, 5.41) is 8.63. The van der Waals surface area contributed by atoms with Crippen LogP contribution in [0.3, 0.4) is 0 Å². The summed E-state index contributed by atoms with van der Waals surface area (Å²) in [6.07, 6.45) is 3.08. The van der Waals surface area contributed by atoms with Gasteiger partial charge in [0.15, 0.2) is 0 Å². The molecule has 5 nitrogen and oxygen atoms in total. The molecule has 0 bridgehead atoms. The maximum atomic E-state index is 11.7. The third-order valence-corrected chi connectivity index (χ3v) is 2.94. The molecule has 0 aliphatic heterocycles. The number of hydrogen-bond acceptors (Lipinski definition) is 3. The highest BCUT2D eigenvalue weighted by Gasteiger charge is 2.09. The zero-order chi connectivity index (χ0) is 15.3. The highest BCUT2D eigenvalue weighted by Crippen LogP contribution is 2.22. The minimum atomic E-state index is -1.04. The molecule has 0 spiro atoms. The summed E-state index contributed by atoms with van der Waals surface area (Å²) in [5.74, 6) is -0.612. The van der Waals surface area contributed by atoms with Crippen molar-refractivity contribution in [3.63, 3.8) is 0 Å². The number of carbonyl (C=O) groups excluding carboxylic acids is 1. The zero-order valence-electron chi connectivity index (χ0n) is 12.1. The Morgan fingerprint density at radius 1 is 1.30 bits per heavy atom. The average molecular weight is 277 g/mol. The van der Waals surface area contributed by atoms with Crippen molar-refractivity contribution < 1.29 is 19.4 Å². The molecule has 1 amide bonds. The van der Waals surface area contributed by atoms with Crippen LogP contribution in [-0.2, 0) is 9.59 Å². The van der Waals surface area contributed by atoms with E-state index >= 15 is 0 Å². The van der Waals surface area contributed by atoms with E-state index < -0.39 is 5.97 Å². The Hall–Kier alpha value is -2.30. The molecule has 0 saturated heterocycles. The van der Waals surface area contributed by atoms with E-state index in [0.29, 0.717) is 0 Å². The van der Waals surface area contributed by atoms with Crippen molar-refractivity contribution in [2.45, 2.75) is 13.8 Å². The van der Waals surface area contributed by atoms with Gasteiger partial charge in [-0.3, -0.25) is 9.59 Å². The highest BCUT2D eigenvalue weighted by molar-refractivity contribution is 5.93. The van der Waals surface area contributed by atoms with Crippen LogP contribution >= 0.6 is 0 Å². The summed E-state index contributed by atoms with van der Waals surface area (Å²) in [6, 6.07) is 3.77. The number of amides is 1. The first kappa shape index (κ1) is 15.8. The van der Waals surface area contributed by atoms with Crippen LogP contribution in [0.5, 0.6) is 5.75 Å². The van der Waals surface area contributed by atoms with E-state index in [0.717, 1.165) is 27.3 Å². The fourth-order valence-electron chi connectivity index (χ4n) is 1.88. The average Bonchev–Trinajstić information content (AvgIpc) is 2.36. The predicted octanol–water partition coefficient (Wildman–Crippen LogP) is 1.87. The molecule has 1 aromatic carbocycles. The van der Waals surface area contributed by atoms with Crippen LogP contribution in [0.4, 0.5) is 0 Å². The topological polar surface area (TPSA) is 66.8 Å². The number of carbonyl (C=O) groups is 2. The number of hydrogen-bond donors (Lipinski definition) is 1. The number of methoxy groups -OCH3 is 1. The fraction of sp³-hybridized carbons (Fsp3) is 0.333. The van der Waals surface area contributed by atoms with Gasteiger partial charge in [-0.15, -0.1) is 0 Å². The minimum absolute atomic E-state index is 0.316. The van der Waals surface area contributed by atoms with Gasteiger partial charge in [0, 0.05) is 13.1 Å². The second-order valence-electron chi connectivity index (χ2n) is 4.60. The molecule has 108 valence electrons. The number of aliphatic carboxylic acids is 1. The SMILES string of the molecule is COc1cc(C)c(/C=C/C(=O)N(C)CC(=O)O)c(C)c1. The molecule has 1 aromatic rings. The van der Waals surface area contributed by atoms with Crippen molar-refractivity contribution in [1.29, 1.82) is 0 Å². The molecular weight excluding hydrogens is 258 g/mol. The van der Waals surface area contributed by atoms with Crippen LogP contribution in [0.2, 0.25) is 0 Å². The normalized spacial score (nSPS) is 10.6. The van der Waals surface area contributed by atoms with E-state index in [-0.39, 0.29) is 12.5 Å². The van der Waals surface area contributed by atoms with Gasteiger partial charge in [-0.2, -0.15) is 0 Å². The largest absolute Gasteiger partial charge is 0.497 e. The van der Waals surface area contributed by atoms with Crippen molar-refractivity contribution in [1.82, 2.24) is 4.90 Å². The number of benzene rings is 1. The molecule has 0 aromatic heterocycles. The first-order valence-corrected chi connectivity index (χ1v) is 6.15. The van der Waals surface area contributed by atoms with Gasteiger partial charge >= 0.3 is 5.97 Å². The Labute approximate surface area is 118 Å². The van der Waals surface area contributed by atoms with Crippen LogP contribution in [0.1, 0.15) is 16.7 Å². The van der Waals surface area contributed by atoms with Crippen molar-refractivity contribution >= 4 is 18.0 Å². The highest BCUT2D eigenvalue weighted by atomic mass is 16.5. The zero-order valence-corrected chi connectivity index (χ0v) is 12.1. The van der Waals surface area contributed by atoms with E-state index in [1.165, 1.54) is 13.1 Å². The second kappa shape index (κ2) is 6.75. The Kier molecular flexibility index (Phi) is 5.32. The maximum absolute atomic E-state index is 11.7. The standard InChI is InChI=1S/C15H19NO4/c1-10-7-12(20-4)8-11(2)13(10)5-6-14(17)16(3)9-15(18)19/h5-8H,9H2,1-4H3,(H,18,19)/b6-5+. The molecule has 0 saturated carbocycles. The Morgan fingerprint density at radius 3 is 2.30 bits per heavy atom. The van der Waals surface area contributed by atoms with E-state index in [4.69, 9.17) is 9.84 Å². The number of ether oxygens (including phenoxy) is 1. The van der Waals surface area contributed by atoms with Crippen molar-refractivity contribution in [3.8, 4) is 5.75 Å². The lowest BCUT2D eigenvalue weighted by Crippen LogP contribution is -2.30. The van der Waals surface area contributed by atoms with E-state index in [9.17, 15) is 9.59 Å². The van der Waals surface area contributed by atoms with Gasteiger partial charge in [-0.05, 0) is 48.7 Å². The van der Waals surface area contributed by atoms with Crippen molar-refractivity contribution in [2.75, 3.05) is 20.7 Å². The molecule has 0 unspecified atom stereocenters. The second-order valence-corrected chi connectivity index (χ2v) is 4.60.